The SMILES string of the molecule is O=S(=O)(C1(Cc2ccccc2)CCC1)C1(Cc2ccccc2)CCC1. The smallest absolute Gasteiger partial charge is 0.162 e. The van der Waals surface area contributed by atoms with Crippen molar-refractivity contribution in [1.82, 2.24) is 0 Å². The van der Waals surface area contributed by atoms with Crippen LogP contribution in [0, 0.1) is 0 Å². The highest BCUT2D eigenvalue weighted by Gasteiger charge is 2.60. The Bertz CT molecular complexity index is 751. The molecule has 0 radical (unpaired) electrons. The Labute approximate surface area is 151 Å². The lowest BCUT2D eigenvalue weighted by Crippen LogP contribution is -2.60. The summed E-state index contributed by atoms with van der Waals surface area (Å²) >= 11 is 0. The Balaban J connectivity index is 1.66. The average molecular weight is 355 g/mol. The molecule has 25 heavy (non-hydrogen) atoms. The standard InChI is InChI=1S/C22H26O2S/c23-25(24,21(13-7-14-21)17-19-9-3-1-4-10-19)22(15-8-16-22)18-20-11-5-2-6-12-20/h1-6,9-12H,7-8,13-18H2. The van der Waals surface area contributed by atoms with Gasteiger partial charge in [0.1, 0.15) is 0 Å². The van der Waals surface area contributed by atoms with Crippen LogP contribution in [0.2, 0.25) is 0 Å². The van der Waals surface area contributed by atoms with E-state index in [4.69, 9.17) is 0 Å². The zero-order valence-corrected chi connectivity index (χ0v) is 15.5. The predicted molar refractivity (Wildman–Crippen MR) is 102 cm³/mol. The molecule has 2 nitrogen and oxygen atoms in total. The third-order valence-corrected chi connectivity index (χ3v) is 9.79. The Kier molecular flexibility index (Phi) is 4.23. The summed E-state index contributed by atoms with van der Waals surface area (Å²) in [5.41, 5.74) is 2.31. The normalized spacial score (nSPS) is 21.1. The summed E-state index contributed by atoms with van der Waals surface area (Å²) in [6, 6.07) is 20.3. The third-order valence-electron chi connectivity index (χ3n) is 6.41. The van der Waals surface area contributed by atoms with Crippen LogP contribution in [0.5, 0.6) is 0 Å². The van der Waals surface area contributed by atoms with E-state index in [1.165, 1.54) is 0 Å². The fourth-order valence-electron chi connectivity index (χ4n) is 4.62. The number of rotatable bonds is 6. The number of hydrogen-bond acceptors (Lipinski definition) is 2. The van der Waals surface area contributed by atoms with Gasteiger partial charge in [-0.3, -0.25) is 0 Å². The Morgan fingerprint density at radius 1 is 0.640 bits per heavy atom. The lowest BCUT2D eigenvalue weighted by Gasteiger charge is -2.52. The van der Waals surface area contributed by atoms with E-state index in [0.717, 1.165) is 49.7 Å². The lowest BCUT2D eigenvalue weighted by atomic mass is 9.78. The van der Waals surface area contributed by atoms with Gasteiger partial charge in [0.15, 0.2) is 9.84 Å². The largest absolute Gasteiger partial charge is 0.228 e. The highest BCUT2D eigenvalue weighted by atomic mass is 32.2. The van der Waals surface area contributed by atoms with Gasteiger partial charge in [-0.1, -0.05) is 73.5 Å². The van der Waals surface area contributed by atoms with E-state index in [9.17, 15) is 8.42 Å². The van der Waals surface area contributed by atoms with Crippen LogP contribution in [0.1, 0.15) is 49.7 Å². The van der Waals surface area contributed by atoms with Crippen molar-refractivity contribution in [2.75, 3.05) is 0 Å². The van der Waals surface area contributed by atoms with Gasteiger partial charge in [-0.05, 0) is 49.7 Å². The van der Waals surface area contributed by atoms with Gasteiger partial charge in [0.2, 0.25) is 0 Å². The summed E-state index contributed by atoms with van der Waals surface area (Å²) in [4.78, 5) is 0. The van der Waals surface area contributed by atoms with Crippen LogP contribution in [0.3, 0.4) is 0 Å². The first-order valence-corrected chi connectivity index (χ1v) is 10.9. The van der Waals surface area contributed by atoms with E-state index in [1.807, 2.05) is 36.4 Å². The van der Waals surface area contributed by atoms with Crippen LogP contribution in [0.4, 0.5) is 0 Å². The summed E-state index contributed by atoms with van der Waals surface area (Å²) in [6.45, 7) is 0. The van der Waals surface area contributed by atoms with E-state index in [0.29, 0.717) is 12.8 Å². The van der Waals surface area contributed by atoms with Gasteiger partial charge in [-0.2, -0.15) is 0 Å². The summed E-state index contributed by atoms with van der Waals surface area (Å²) in [5.74, 6) is 0. The highest BCUT2D eigenvalue weighted by Crippen LogP contribution is 2.53. The van der Waals surface area contributed by atoms with Crippen LogP contribution in [-0.2, 0) is 22.7 Å². The summed E-state index contributed by atoms with van der Waals surface area (Å²) in [7, 11) is -3.19. The minimum absolute atomic E-state index is 0.538. The van der Waals surface area contributed by atoms with Crippen LogP contribution in [-0.4, -0.2) is 17.9 Å². The molecule has 4 rings (SSSR count). The molecule has 0 spiro atoms. The quantitative estimate of drug-likeness (QED) is 0.751. The molecule has 0 atom stereocenters. The summed E-state index contributed by atoms with van der Waals surface area (Å²) in [6.07, 6.45) is 6.70. The van der Waals surface area contributed by atoms with E-state index in [2.05, 4.69) is 24.3 Å². The molecule has 0 aliphatic heterocycles. The molecule has 2 aliphatic carbocycles. The molecule has 0 aromatic heterocycles. The number of benzene rings is 2. The van der Waals surface area contributed by atoms with Crippen molar-refractivity contribution in [3.05, 3.63) is 71.8 Å². The molecular weight excluding hydrogens is 328 g/mol. The molecule has 0 bridgehead atoms. The maximum atomic E-state index is 13.8. The fraction of sp³-hybridized carbons (Fsp3) is 0.455. The Morgan fingerprint density at radius 3 is 1.28 bits per heavy atom. The molecule has 2 saturated carbocycles. The topological polar surface area (TPSA) is 34.1 Å². The van der Waals surface area contributed by atoms with Crippen molar-refractivity contribution in [3.63, 3.8) is 0 Å². The highest BCUT2D eigenvalue weighted by molar-refractivity contribution is 7.94. The molecule has 2 fully saturated rings. The van der Waals surface area contributed by atoms with Crippen LogP contribution >= 0.6 is 0 Å². The summed E-state index contributed by atoms with van der Waals surface area (Å²) < 4.78 is 26.6. The first-order chi connectivity index (χ1) is 12.1. The van der Waals surface area contributed by atoms with Crippen LogP contribution in [0.15, 0.2) is 60.7 Å². The molecule has 132 valence electrons. The minimum atomic E-state index is -3.19. The Morgan fingerprint density at radius 2 is 1.00 bits per heavy atom. The first kappa shape index (κ1) is 16.8. The summed E-state index contributed by atoms with van der Waals surface area (Å²) in [5, 5.41) is 0. The van der Waals surface area contributed by atoms with E-state index >= 15 is 0 Å². The van der Waals surface area contributed by atoms with Crippen molar-refractivity contribution in [3.8, 4) is 0 Å². The predicted octanol–water partition coefficient (Wildman–Crippen LogP) is 4.73. The number of sulfone groups is 1. The minimum Gasteiger partial charge on any atom is -0.228 e. The monoisotopic (exact) mass is 354 g/mol. The van der Waals surface area contributed by atoms with Gasteiger partial charge >= 0.3 is 0 Å². The zero-order valence-electron chi connectivity index (χ0n) is 14.7. The maximum absolute atomic E-state index is 13.8. The van der Waals surface area contributed by atoms with Crippen LogP contribution in [0.25, 0.3) is 0 Å². The van der Waals surface area contributed by atoms with Crippen molar-refractivity contribution >= 4 is 9.84 Å². The van der Waals surface area contributed by atoms with Gasteiger partial charge in [0.25, 0.3) is 0 Å². The first-order valence-electron chi connectivity index (χ1n) is 9.39. The van der Waals surface area contributed by atoms with Crippen molar-refractivity contribution in [2.24, 2.45) is 0 Å². The molecule has 2 aliphatic rings. The van der Waals surface area contributed by atoms with Gasteiger partial charge < -0.3 is 0 Å². The second-order valence-corrected chi connectivity index (χ2v) is 10.6. The van der Waals surface area contributed by atoms with Gasteiger partial charge in [0, 0.05) is 0 Å². The second-order valence-electron chi connectivity index (χ2n) is 7.90. The number of hydrogen-bond donors (Lipinski definition) is 0. The molecule has 3 heteroatoms. The van der Waals surface area contributed by atoms with Crippen molar-refractivity contribution < 1.29 is 8.42 Å². The average Bonchev–Trinajstić information content (AvgIpc) is 2.56. The maximum Gasteiger partial charge on any atom is 0.162 e. The van der Waals surface area contributed by atoms with E-state index in [1.54, 1.807) is 0 Å². The molecule has 0 unspecified atom stereocenters. The molecule has 0 saturated heterocycles. The molecule has 0 amide bonds. The van der Waals surface area contributed by atoms with Crippen molar-refractivity contribution in [2.45, 2.75) is 60.9 Å². The molecule has 2 aromatic rings. The molecule has 0 heterocycles. The van der Waals surface area contributed by atoms with Crippen LogP contribution < -0.4 is 0 Å². The van der Waals surface area contributed by atoms with Crippen molar-refractivity contribution in [1.29, 1.82) is 0 Å². The fourth-order valence-corrected chi connectivity index (χ4v) is 7.90. The Hall–Kier alpha value is -1.61. The van der Waals surface area contributed by atoms with E-state index in [-0.39, 0.29) is 0 Å². The van der Waals surface area contributed by atoms with Gasteiger partial charge in [0.05, 0.1) is 9.49 Å². The van der Waals surface area contributed by atoms with Gasteiger partial charge in [-0.25, -0.2) is 8.42 Å². The van der Waals surface area contributed by atoms with E-state index < -0.39 is 19.3 Å². The third kappa shape index (κ3) is 2.73. The van der Waals surface area contributed by atoms with Gasteiger partial charge in [-0.15, -0.1) is 0 Å². The zero-order chi connectivity index (χ0) is 17.4. The molecule has 0 N–H and O–H groups in total. The lowest BCUT2D eigenvalue weighted by molar-refractivity contribution is 0.282. The molecule has 2 aromatic carbocycles. The second kappa shape index (κ2) is 6.28. The molecular formula is C22H26O2S.